The van der Waals surface area contributed by atoms with Crippen LogP contribution in [0.4, 0.5) is 5.69 Å². The summed E-state index contributed by atoms with van der Waals surface area (Å²) < 4.78 is 17.4. The molecular formula is C21H20BrNO3. The quantitative estimate of drug-likeness (QED) is 0.525. The molecule has 0 atom stereocenters. The molecule has 134 valence electrons. The molecule has 0 aromatic heterocycles. The van der Waals surface area contributed by atoms with Crippen LogP contribution in [0.15, 0.2) is 71.2 Å². The van der Waals surface area contributed by atoms with Gasteiger partial charge in [-0.25, -0.2) is 0 Å². The summed E-state index contributed by atoms with van der Waals surface area (Å²) in [6.45, 7) is 0.665. The van der Waals surface area contributed by atoms with Gasteiger partial charge in [0.15, 0.2) is 11.5 Å². The monoisotopic (exact) mass is 413 g/mol. The number of anilines is 1. The topological polar surface area (TPSA) is 39.7 Å². The van der Waals surface area contributed by atoms with E-state index in [1.165, 1.54) is 0 Å². The molecule has 0 aliphatic rings. The van der Waals surface area contributed by atoms with E-state index in [4.69, 9.17) is 14.2 Å². The van der Waals surface area contributed by atoms with Crippen LogP contribution >= 0.6 is 15.9 Å². The van der Waals surface area contributed by atoms with Crippen LogP contribution in [0.1, 0.15) is 5.56 Å². The third kappa shape index (κ3) is 4.49. The predicted molar refractivity (Wildman–Crippen MR) is 108 cm³/mol. The summed E-state index contributed by atoms with van der Waals surface area (Å²) in [7, 11) is 3.26. The Kier molecular flexibility index (Phi) is 6.02. The number of halogens is 1. The standard InChI is InChI=1S/C21H20BrNO3/c1-24-20-13-15(12-19(22)21(20)25-2)14-23-16-8-10-18(11-9-16)26-17-6-4-3-5-7-17/h3-13,23H,14H2,1-2H3. The minimum absolute atomic E-state index is 0.665. The maximum Gasteiger partial charge on any atom is 0.174 e. The molecule has 0 amide bonds. The molecule has 0 saturated heterocycles. The molecule has 5 heteroatoms. The molecular weight excluding hydrogens is 394 g/mol. The third-order valence-electron chi connectivity index (χ3n) is 3.82. The summed E-state index contributed by atoms with van der Waals surface area (Å²) in [5, 5.41) is 3.40. The van der Waals surface area contributed by atoms with Gasteiger partial charge in [0.1, 0.15) is 11.5 Å². The molecule has 0 radical (unpaired) electrons. The van der Waals surface area contributed by atoms with E-state index in [0.717, 1.165) is 27.2 Å². The Morgan fingerprint density at radius 3 is 2.19 bits per heavy atom. The Bertz CT molecular complexity index is 851. The fourth-order valence-electron chi connectivity index (χ4n) is 2.54. The highest BCUT2D eigenvalue weighted by Crippen LogP contribution is 2.36. The van der Waals surface area contributed by atoms with Gasteiger partial charge in [-0.2, -0.15) is 0 Å². The smallest absolute Gasteiger partial charge is 0.174 e. The van der Waals surface area contributed by atoms with E-state index >= 15 is 0 Å². The molecule has 3 aromatic rings. The number of para-hydroxylation sites is 1. The lowest BCUT2D eigenvalue weighted by Gasteiger charge is -2.13. The van der Waals surface area contributed by atoms with Crippen molar-refractivity contribution in [3.8, 4) is 23.0 Å². The molecule has 1 N–H and O–H groups in total. The third-order valence-corrected chi connectivity index (χ3v) is 4.41. The molecule has 3 rings (SSSR count). The van der Waals surface area contributed by atoms with Gasteiger partial charge in [-0.1, -0.05) is 18.2 Å². The van der Waals surface area contributed by atoms with Crippen LogP contribution in [0, 0.1) is 0 Å². The Labute approximate surface area is 161 Å². The number of hydrogen-bond donors (Lipinski definition) is 1. The average molecular weight is 414 g/mol. The van der Waals surface area contributed by atoms with Gasteiger partial charge in [0.2, 0.25) is 0 Å². The van der Waals surface area contributed by atoms with E-state index in [-0.39, 0.29) is 0 Å². The van der Waals surface area contributed by atoms with Gasteiger partial charge >= 0.3 is 0 Å². The molecule has 0 aliphatic heterocycles. The molecule has 26 heavy (non-hydrogen) atoms. The molecule has 0 aliphatic carbocycles. The first kappa shape index (κ1) is 18.1. The summed E-state index contributed by atoms with van der Waals surface area (Å²) in [5.74, 6) is 3.02. The average Bonchev–Trinajstić information content (AvgIpc) is 2.67. The number of hydrogen-bond acceptors (Lipinski definition) is 4. The Morgan fingerprint density at radius 1 is 0.846 bits per heavy atom. The second kappa shape index (κ2) is 8.63. The summed E-state index contributed by atoms with van der Waals surface area (Å²) >= 11 is 3.52. The van der Waals surface area contributed by atoms with E-state index in [1.54, 1.807) is 14.2 Å². The zero-order valence-electron chi connectivity index (χ0n) is 14.7. The molecule has 0 unspecified atom stereocenters. The van der Waals surface area contributed by atoms with Crippen LogP contribution in [0.5, 0.6) is 23.0 Å². The van der Waals surface area contributed by atoms with E-state index in [1.807, 2.05) is 66.7 Å². The van der Waals surface area contributed by atoms with Crippen LogP contribution < -0.4 is 19.5 Å². The van der Waals surface area contributed by atoms with E-state index in [9.17, 15) is 0 Å². The van der Waals surface area contributed by atoms with Crippen molar-refractivity contribution in [2.24, 2.45) is 0 Å². The maximum atomic E-state index is 5.80. The van der Waals surface area contributed by atoms with Gasteiger partial charge < -0.3 is 19.5 Å². The fourth-order valence-corrected chi connectivity index (χ4v) is 3.19. The largest absolute Gasteiger partial charge is 0.493 e. The van der Waals surface area contributed by atoms with E-state index < -0.39 is 0 Å². The van der Waals surface area contributed by atoms with Gasteiger partial charge in [-0.3, -0.25) is 0 Å². The number of rotatable bonds is 7. The van der Waals surface area contributed by atoms with E-state index in [2.05, 4.69) is 21.2 Å². The first-order valence-electron chi connectivity index (χ1n) is 8.17. The molecule has 3 aromatic carbocycles. The second-order valence-corrected chi connectivity index (χ2v) is 6.46. The molecule has 0 spiro atoms. The van der Waals surface area contributed by atoms with Crippen LogP contribution in [0.25, 0.3) is 0 Å². The van der Waals surface area contributed by atoms with Gasteiger partial charge in [-0.15, -0.1) is 0 Å². The molecule has 0 fully saturated rings. The maximum absolute atomic E-state index is 5.80. The van der Waals surface area contributed by atoms with Crippen molar-refractivity contribution in [1.82, 2.24) is 0 Å². The van der Waals surface area contributed by atoms with Crippen molar-refractivity contribution < 1.29 is 14.2 Å². The highest BCUT2D eigenvalue weighted by Gasteiger charge is 2.10. The Balaban J connectivity index is 1.64. The second-order valence-electron chi connectivity index (χ2n) is 5.61. The molecule has 0 bridgehead atoms. The summed E-state index contributed by atoms with van der Waals surface area (Å²) in [5.41, 5.74) is 2.09. The van der Waals surface area contributed by atoms with Gasteiger partial charge in [0.25, 0.3) is 0 Å². The normalized spacial score (nSPS) is 10.3. The highest BCUT2D eigenvalue weighted by atomic mass is 79.9. The number of benzene rings is 3. The van der Waals surface area contributed by atoms with Crippen LogP contribution in [-0.2, 0) is 6.54 Å². The lowest BCUT2D eigenvalue weighted by molar-refractivity contribution is 0.352. The SMILES string of the molecule is COc1cc(CNc2ccc(Oc3ccccc3)cc2)cc(Br)c1OC. The number of methoxy groups -OCH3 is 2. The highest BCUT2D eigenvalue weighted by molar-refractivity contribution is 9.10. The summed E-state index contributed by atoms with van der Waals surface area (Å²) in [4.78, 5) is 0. The van der Waals surface area contributed by atoms with Crippen molar-refractivity contribution in [2.45, 2.75) is 6.54 Å². The van der Waals surface area contributed by atoms with Gasteiger partial charge in [0, 0.05) is 12.2 Å². The molecule has 4 nitrogen and oxygen atoms in total. The molecule has 0 heterocycles. The first-order chi connectivity index (χ1) is 12.7. The number of nitrogens with one attached hydrogen (secondary N) is 1. The molecule has 0 saturated carbocycles. The van der Waals surface area contributed by atoms with Gasteiger partial charge in [-0.05, 0) is 70.0 Å². The van der Waals surface area contributed by atoms with Crippen molar-refractivity contribution in [2.75, 3.05) is 19.5 Å². The Morgan fingerprint density at radius 2 is 1.54 bits per heavy atom. The predicted octanol–water partition coefficient (Wildman–Crippen LogP) is 5.87. The van der Waals surface area contributed by atoms with Crippen LogP contribution in [-0.4, -0.2) is 14.2 Å². The fraction of sp³-hybridized carbons (Fsp3) is 0.143. The van der Waals surface area contributed by atoms with Crippen molar-refractivity contribution >= 4 is 21.6 Å². The minimum atomic E-state index is 0.665. The zero-order chi connectivity index (χ0) is 18.4. The zero-order valence-corrected chi connectivity index (χ0v) is 16.2. The van der Waals surface area contributed by atoms with Crippen molar-refractivity contribution in [3.05, 3.63) is 76.8 Å². The first-order valence-corrected chi connectivity index (χ1v) is 8.96. The lowest BCUT2D eigenvalue weighted by atomic mass is 10.2. The number of ether oxygens (including phenoxy) is 3. The van der Waals surface area contributed by atoms with Crippen LogP contribution in [0.2, 0.25) is 0 Å². The van der Waals surface area contributed by atoms with Crippen molar-refractivity contribution in [3.63, 3.8) is 0 Å². The summed E-state index contributed by atoms with van der Waals surface area (Å²) in [6.07, 6.45) is 0. The summed E-state index contributed by atoms with van der Waals surface area (Å²) in [6, 6.07) is 21.6. The van der Waals surface area contributed by atoms with Crippen molar-refractivity contribution in [1.29, 1.82) is 0 Å². The van der Waals surface area contributed by atoms with Gasteiger partial charge in [0.05, 0.1) is 18.7 Å². The van der Waals surface area contributed by atoms with E-state index in [0.29, 0.717) is 18.0 Å². The lowest BCUT2D eigenvalue weighted by Crippen LogP contribution is -2.01. The van der Waals surface area contributed by atoms with Crippen LogP contribution in [0.3, 0.4) is 0 Å². The Hall–Kier alpha value is -2.66. The minimum Gasteiger partial charge on any atom is -0.493 e.